The lowest BCUT2D eigenvalue weighted by atomic mass is 9.94. The van der Waals surface area contributed by atoms with Crippen molar-refractivity contribution in [3.8, 4) is 0 Å². The number of piperidine rings is 1. The summed E-state index contributed by atoms with van der Waals surface area (Å²) in [5.74, 6) is 0.471. The third-order valence-corrected chi connectivity index (χ3v) is 4.84. The second-order valence-electron chi connectivity index (χ2n) is 6.68. The number of aryl methyl sites for hydroxylation is 1. The summed E-state index contributed by atoms with van der Waals surface area (Å²) in [5, 5.41) is 0. The molecule has 0 radical (unpaired) electrons. The average molecular weight is 330 g/mol. The first-order valence-corrected chi connectivity index (χ1v) is 9.22. The molecule has 2 rings (SSSR count). The lowest BCUT2D eigenvalue weighted by Gasteiger charge is -2.34. The number of amides is 2. The first-order valence-electron chi connectivity index (χ1n) is 9.22. The van der Waals surface area contributed by atoms with Crippen molar-refractivity contribution >= 4 is 17.5 Å². The van der Waals surface area contributed by atoms with E-state index in [0.29, 0.717) is 26.1 Å². The van der Waals surface area contributed by atoms with E-state index < -0.39 is 0 Å². The van der Waals surface area contributed by atoms with Gasteiger partial charge in [-0.25, -0.2) is 0 Å². The van der Waals surface area contributed by atoms with Crippen molar-refractivity contribution in [2.45, 2.75) is 52.9 Å². The Bertz CT molecular complexity index is 563. The van der Waals surface area contributed by atoms with E-state index in [1.54, 1.807) is 0 Å². The quantitative estimate of drug-likeness (QED) is 0.796. The summed E-state index contributed by atoms with van der Waals surface area (Å²) in [7, 11) is 0. The zero-order valence-corrected chi connectivity index (χ0v) is 15.3. The van der Waals surface area contributed by atoms with Crippen molar-refractivity contribution < 1.29 is 9.59 Å². The monoisotopic (exact) mass is 330 g/mol. The first kappa shape index (κ1) is 18.5. The molecule has 0 saturated carbocycles. The number of likely N-dealkylation sites (tertiary alicyclic amines) is 1. The number of carbonyl (C=O) groups excluding carboxylic acids is 2. The highest BCUT2D eigenvalue weighted by atomic mass is 16.2. The van der Waals surface area contributed by atoms with Crippen molar-refractivity contribution in [3.05, 3.63) is 29.8 Å². The number of hydrogen-bond acceptors (Lipinski definition) is 2. The second-order valence-corrected chi connectivity index (χ2v) is 6.68. The van der Waals surface area contributed by atoms with Gasteiger partial charge in [0.15, 0.2) is 0 Å². The summed E-state index contributed by atoms with van der Waals surface area (Å²) >= 11 is 0. The number of carbonyl (C=O) groups is 2. The van der Waals surface area contributed by atoms with Crippen molar-refractivity contribution in [1.82, 2.24) is 4.90 Å². The van der Waals surface area contributed by atoms with E-state index in [0.717, 1.165) is 36.9 Å². The molecule has 2 amide bonds. The number of nitrogens with zero attached hydrogens (tertiary/aromatic N) is 2. The highest BCUT2D eigenvalue weighted by Gasteiger charge is 2.30. The van der Waals surface area contributed by atoms with Crippen LogP contribution in [0.3, 0.4) is 0 Å². The molecule has 0 atom stereocenters. The van der Waals surface area contributed by atoms with E-state index in [1.165, 1.54) is 0 Å². The zero-order chi connectivity index (χ0) is 17.5. The van der Waals surface area contributed by atoms with Gasteiger partial charge in [0, 0.05) is 37.7 Å². The van der Waals surface area contributed by atoms with Gasteiger partial charge in [0.2, 0.25) is 11.8 Å². The topological polar surface area (TPSA) is 40.6 Å². The van der Waals surface area contributed by atoms with Crippen molar-refractivity contribution in [1.29, 1.82) is 0 Å². The van der Waals surface area contributed by atoms with Gasteiger partial charge in [0.25, 0.3) is 0 Å². The van der Waals surface area contributed by atoms with Crippen LogP contribution in [0.5, 0.6) is 0 Å². The van der Waals surface area contributed by atoms with E-state index in [9.17, 15) is 9.59 Å². The SMILES string of the molecule is CCCCC(=O)N1CCC(C(=O)N(CC)c2cccc(C)c2)CC1. The predicted molar refractivity (Wildman–Crippen MR) is 98.0 cm³/mol. The van der Waals surface area contributed by atoms with Gasteiger partial charge < -0.3 is 9.80 Å². The molecular weight excluding hydrogens is 300 g/mol. The molecule has 0 aromatic heterocycles. The van der Waals surface area contributed by atoms with Crippen LogP contribution < -0.4 is 4.90 Å². The van der Waals surface area contributed by atoms with Crippen LogP contribution in [0.2, 0.25) is 0 Å². The first-order chi connectivity index (χ1) is 11.6. The largest absolute Gasteiger partial charge is 0.343 e. The lowest BCUT2D eigenvalue weighted by Crippen LogP contribution is -2.44. The molecule has 0 N–H and O–H groups in total. The molecule has 0 aliphatic carbocycles. The van der Waals surface area contributed by atoms with Gasteiger partial charge in [0.05, 0.1) is 0 Å². The van der Waals surface area contributed by atoms with Gasteiger partial charge >= 0.3 is 0 Å². The Morgan fingerprint density at radius 2 is 1.92 bits per heavy atom. The Kier molecular flexibility index (Phi) is 6.83. The molecule has 1 aromatic rings. The molecule has 0 unspecified atom stereocenters. The van der Waals surface area contributed by atoms with Gasteiger partial charge in [0.1, 0.15) is 0 Å². The van der Waals surface area contributed by atoms with Gasteiger partial charge in [-0.2, -0.15) is 0 Å². The smallest absolute Gasteiger partial charge is 0.230 e. The third kappa shape index (κ3) is 4.59. The lowest BCUT2D eigenvalue weighted by molar-refractivity contribution is -0.135. The predicted octanol–water partition coefficient (Wildman–Crippen LogP) is 3.78. The third-order valence-electron chi connectivity index (χ3n) is 4.84. The summed E-state index contributed by atoms with van der Waals surface area (Å²) in [4.78, 5) is 28.8. The maximum absolute atomic E-state index is 12.9. The Morgan fingerprint density at radius 1 is 1.21 bits per heavy atom. The van der Waals surface area contributed by atoms with Gasteiger partial charge in [-0.15, -0.1) is 0 Å². The number of unbranched alkanes of at least 4 members (excludes halogenated alkanes) is 1. The van der Waals surface area contributed by atoms with Crippen LogP contribution in [0.1, 0.15) is 51.5 Å². The van der Waals surface area contributed by atoms with E-state index in [2.05, 4.69) is 13.0 Å². The van der Waals surface area contributed by atoms with Crippen LogP contribution >= 0.6 is 0 Å². The Labute approximate surface area is 145 Å². The van der Waals surface area contributed by atoms with Gasteiger partial charge in [-0.1, -0.05) is 25.5 Å². The van der Waals surface area contributed by atoms with Crippen molar-refractivity contribution in [2.24, 2.45) is 5.92 Å². The molecule has 4 heteroatoms. The molecular formula is C20H30N2O2. The highest BCUT2D eigenvalue weighted by Crippen LogP contribution is 2.24. The molecule has 1 aliphatic heterocycles. The van der Waals surface area contributed by atoms with Gasteiger partial charge in [-0.05, 0) is 50.8 Å². The summed E-state index contributed by atoms with van der Waals surface area (Å²) < 4.78 is 0. The zero-order valence-electron chi connectivity index (χ0n) is 15.3. The normalized spacial score (nSPS) is 15.4. The fraction of sp³-hybridized carbons (Fsp3) is 0.600. The van der Waals surface area contributed by atoms with Crippen LogP contribution in [-0.2, 0) is 9.59 Å². The molecule has 132 valence electrons. The van der Waals surface area contributed by atoms with Crippen LogP contribution in [0, 0.1) is 12.8 Å². The van der Waals surface area contributed by atoms with E-state index in [1.807, 2.05) is 41.8 Å². The maximum Gasteiger partial charge on any atom is 0.230 e. The summed E-state index contributed by atoms with van der Waals surface area (Å²) in [6.07, 6.45) is 4.19. The summed E-state index contributed by atoms with van der Waals surface area (Å²) in [6.45, 7) is 8.27. The molecule has 0 bridgehead atoms. The van der Waals surface area contributed by atoms with Crippen LogP contribution in [-0.4, -0.2) is 36.3 Å². The van der Waals surface area contributed by atoms with E-state index >= 15 is 0 Å². The Balaban J connectivity index is 1.95. The van der Waals surface area contributed by atoms with Crippen molar-refractivity contribution in [3.63, 3.8) is 0 Å². The summed E-state index contributed by atoms with van der Waals surface area (Å²) in [5.41, 5.74) is 2.14. The summed E-state index contributed by atoms with van der Waals surface area (Å²) in [6, 6.07) is 8.10. The Morgan fingerprint density at radius 3 is 2.50 bits per heavy atom. The Hall–Kier alpha value is -1.84. The van der Waals surface area contributed by atoms with Crippen LogP contribution in [0.4, 0.5) is 5.69 Å². The van der Waals surface area contributed by atoms with Gasteiger partial charge in [-0.3, -0.25) is 9.59 Å². The van der Waals surface area contributed by atoms with Crippen LogP contribution in [0.15, 0.2) is 24.3 Å². The molecule has 0 spiro atoms. The molecule has 1 saturated heterocycles. The fourth-order valence-corrected chi connectivity index (χ4v) is 3.34. The van der Waals surface area contributed by atoms with E-state index in [-0.39, 0.29) is 17.7 Å². The molecule has 24 heavy (non-hydrogen) atoms. The molecule has 1 aromatic carbocycles. The van der Waals surface area contributed by atoms with Crippen molar-refractivity contribution in [2.75, 3.05) is 24.5 Å². The number of benzene rings is 1. The number of hydrogen-bond donors (Lipinski definition) is 0. The average Bonchev–Trinajstić information content (AvgIpc) is 2.60. The molecule has 1 aliphatic rings. The highest BCUT2D eigenvalue weighted by molar-refractivity contribution is 5.95. The fourth-order valence-electron chi connectivity index (χ4n) is 3.34. The minimum absolute atomic E-state index is 0.0284. The minimum atomic E-state index is 0.0284. The van der Waals surface area contributed by atoms with Crippen LogP contribution in [0.25, 0.3) is 0 Å². The molecule has 1 fully saturated rings. The molecule has 4 nitrogen and oxygen atoms in total. The molecule has 1 heterocycles. The standard InChI is InChI=1S/C20H30N2O2/c1-4-6-10-19(23)21-13-11-17(12-14-21)20(24)22(5-2)18-9-7-8-16(3)15-18/h7-9,15,17H,4-6,10-14H2,1-3H3. The number of rotatable bonds is 6. The maximum atomic E-state index is 12.9. The number of anilines is 1. The van der Waals surface area contributed by atoms with E-state index in [4.69, 9.17) is 0 Å². The second kappa shape index (κ2) is 8.86. The minimum Gasteiger partial charge on any atom is -0.343 e.